The maximum Gasteiger partial charge on any atom is 0.133 e. The molecule has 0 unspecified atom stereocenters. The summed E-state index contributed by atoms with van der Waals surface area (Å²) in [5, 5.41) is 9.73. The zero-order chi connectivity index (χ0) is 10.0. The number of hydrogen-bond donors (Lipinski definition) is 2. The zero-order valence-electron chi connectivity index (χ0n) is 7.63. The van der Waals surface area contributed by atoms with Gasteiger partial charge in [-0.3, -0.25) is 0 Å². The smallest absolute Gasteiger partial charge is 0.133 e. The molecule has 0 aromatic heterocycles. The number of hydrogen-bond acceptors (Lipinski definition) is 2. The number of halogens is 3. The second kappa shape index (κ2) is 6.34. The lowest BCUT2D eigenvalue weighted by Crippen LogP contribution is -2.09. The monoisotopic (exact) mass is 439 g/mol. The number of nitrogens with two attached hydrogens (primary N) is 1. The Morgan fingerprint density at radius 2 is 2.00 bits per heavy atom. The van der Waals surface area contributed by atoms with Crippen LogP contribution in [0.4, 0.5) is 0 Å². The van der Waals surface area contributed by atoms with Gasteiger partial charge in [0.25, 0.3) is 0 Å². The second-order valence-corrected chi connectivity index (χ2v) is 5.25. The molecule has 0 aliphatic rings. The number of rotatable bonds is 2. The fraction of sp³-hybridized carbons (Fsp3) is 0.333. The first-order valence-corrected chi connectivity index (χ1v) is 6.15. The standard InChI is InChI=1S/C9H11I2NO.ClH/c1-2-8(12)6-3-5(10)4-7(11)9(6)13;/h3-4,8,13H,2,12H2,1H3;1H/t8-;/m0./s1. The zero-order valence-corrected chi connectivity index (χ0v) is 12.8. The highest BCUT2D eigenvalue weighted by molar-refractivity contribution is 14.1. The van der Waals surface area contributed by atoms with Crippen molar-refractivity contribution in [3.63, 3.8) is 0 Å². The van der Waals surface area contributed by atoms with Gasteiger partial charge in [0, 0.05) is 15.2 Å². The Hall–Kier alpha value is 0.730. The summed E-state index contributed by atoms with van der Waals surface area (Å²) in [4.78, 5) is 0. The summed E-state index contributed by atoms with van der Waals surface area (Å²) in [5.41, 5.74) is 6.71. The topological polar surface area (TPSA) is 46.2 Å². The third-order valence-electron chi connectivity index (χ3n) is 1.90. The summed E-state index contributed by atoms with van der Waals surface area (Å²) in [5.74, 6) is 0.329. The van der Waals surface area contributed by atoms with Gasteiger partial charge in [0.05, 0.1) is 3.57 Å². The number of phenols is 1. The molecule has 3 N–H and O–H groups in total. The van der Waals surface area contributed by atoms with E-state index >= 15 is 0 Å². The van der Waals surface area contributed by atoms with Crippen molar-refractivity contribution in [1.82, 2.24) is 0 Å². The minimum Gasteiger partial charge on any atom is -0.506 e. The molecule has 80 valence electrons. The highest BCUT2D eigenvalue weighted by Crippen LogP contribution is 2.31. The van der Waals surface area contributed by atoms with Gasteiger partial charge in [-0.05, 0) is 63.7 Å². The van der Waals surface area contributed by atoms with Gasteiger partial charge in [-0.2, -0.15) is 0 Å². The van der Waals surface area contributed by atoms with Crippen molar-refractivity contribution >= 4 is 57.6 Å². The van der Waals surface area contributed by atoms with Crippen LogP contribution in [0.2, 0.25) is 0 Å². The molecular weight excluding hydrogens is 427 g/mol. The summed E-state index contributed by atoms with van der Waals surface area (Å²) < 4.78 is 1.97. The van der Waals surface area contributed by atoms with Crippen molar-refractivity contribution in [2.45, 2.75) is 19.4 Å². The van der Waals surface area contributed by atoms with Crippen molar-refractivity contribution in [1.29, 1.82) is 0 Å². The molecule has 0 saturated carbocycles. The van der Waals surface area contributed by atoms with Gasteiger partial charge < -0.3 is 10.8 Å². The Morgan fingerprint density at radius 1 is 1.43 bits per heavy atom. The van der Waals surface area contributed by atoms with Crippen molar-refractivity contribution in [3.05, 3.63) is 24.8 Å². The van der Waals surface area contributed by atoms with Crippen molar-refractivity contribution < 1.29 is 5.11 Å². The molecule has 0 fully saturated rings. The van der Waals surface area contributed by atoms with Crippen molar-refractivity contribution in [2.75, 3.05) is 0 Å². The number of benzene rings is 1. The molecular formula is C9H12ClI2NO. The van der Waals surface area contributed by atoms with Crippen LogP contribution < -0.4 is 5.73 Å². The fourth-order valence-corrected chi connectivity index (χ4v) is 2.98. The highest BCUT2D eigenvalue weighted by Gasteiger charge is 2.12. The molecule has 0 amide bonds. The average molecular weight is 439 g/mol. The lowest BCUT2D eigenvalue weighted by Gasteiger charge is -2.12. The van der Waals surface area contributed by atoms with Gasteiger partial charge >= 0.3 is 0 Å². The van der Waals surface area contributed by atoms with E-state index in [2.05, 4.69) is 45.2 Å². The van der Waals surface area contributed by atoms with Crippen LogP contribution in [0.1, 0.15) is 24.9 Å². The first-order chi connectivity index (χ1) is 6.06. The summed E-state index contributed by atoms with van der Waals surface area (Å²) in [6.07, 6.45) is 0.837. The Labute approximate surface area is 117 Å². The molecule has 0 aliphatic heterocycles. The van der Waals surface area contributed by atoms with E-state index < -0.39 is 0 Å². The Bertz CT molecular complexity index is 320. The molecule has 1 atom stereocenters. The van der Waals surface area contributed by atoms with E-state index in [0.29, 0.717) is 5.75 Å². The molecule has 0 heterocycles. The summed E-state index contributed by atoms with van der Waals surface area (Å²) >= 11 is 4.34. The van der Waals surface area contributed by atoms with E-state index in [9.17, 15) is 5.11 Å². The molecule has 0 radical (unpaired) electrons. The molecule has 1 rings (SSSR count). The SMILES string of the molecule is CC[C@H](N)c1cc(I)cc(I)c1O.Cl. The molecule has 0 aliphatic carbocycles. The van der Waals surface area contributed by atoms with Crippen LogP contribution in [-0.2, 0) is 0 Å². The van der Waals surface area contributed by atoms with Crippen LogP contribution in [0.5, 0.6) is 5.75 Å². The minimum atomic E-state index is -0.0665. The van der Waals surface area contributed by atoms with E-state index in [-0.39, 0.29) is 18.4 Å². The summed E-state index contributed by atoms with van der Waals surface area (Å²) in [6, 6.07) is 3.80. The molecule has 14 heavy (non-hydrogen) atoms. The van der Waals surface area contributed by atoms with Gasteiger partial charge in [-0.15, -0.1) is 12.4 Å². The van der Waals surface area contributed by atoms with Gasteiger partial charge in [0.1, 0.15) is 5.75 Å². The minimum absolute atomic E-state index is 0. The van der Waals surface area contributed by atoms with Gasteiger partial charge in [0.2, 0.25) is 0 Å². The van der Waals surface area contributed by atoms with E-state index in [1.165, 1.54) is 0 Å². The lowest BCUT2D eigenvalue weighted by atomic mass is 10.0. The average Bonchev–Trinajstić information content (AvgIpc) is 2.10. The van der Waals surface area contributed by atoms with E-state index in [1.54, 1.807) is 0 Å². The summed E-state index contributed by atoms with van der Waals surface area (Å²) in [6.45, 7) is 2.01. The van der Waals surface area contributed by atoms with Crippen molar-refractivity contribution in [3.8, 4) is 5.75 Å². The van der Waals surface area contributed by atoms with E-state index in [1.807, 2.05) is 19.1 Å². The predicted molar refractivity (Wildman–Crippen MR) is 78.0 cm³/mol. The van der Waals surface area contributed by atoms with Crippen LogP contribution in [0, 0.1) is 7.14 Å². The van der Waals surface area contributed by atoms with Gasteiger partial charge in [-0.25, -0.2) is 0 Å². The first kappa shape index (κ1) is 14.7. The van der Waals surface area contributed by atoms with Crippen LogP contribution in [0.15, 0.2) is 12.1 Å². The molecule has 1 aromatic carbocycles. The highest BCUT2D eigenvalue weighted by atomic mass is 127. The maximum atomic E-state index is 9.73. The molecule has 2 nitrogen and oxygen atoms in total. The molecule has 0 saturated heterocycles. The molecule has 1 aromatic rings. The Balaban J connectivity index is 0.00000169. The van der Waals surface area contributed by atoms with E-state index in [4.69, 9.17) is 5.73 Å². The molecule has 5 heteroatoms. The number of phenolic OH excluding ortho intramolecular Hbond substituents is 1. The van der Waals surface area contributed by atoms with Crippen LogP contribution in [0.3, 0.4) is 0 Å². The quantitative estimate of drug-likeness (QED) is 0.694. The van der Waals surface area contributed by atoms with E-state index in [0.717, 1.165) is 19.1 Å². The Kier molecular flexibility index (Phi) is 6.67. The maximum absolute atomic E-state index is 9.73. The molecule has 0 spiro atoms. The third kappa shape index (κ3) is 3.39. The van der Waals surface area contributed by atoms with Crippen LogP contribution >= 0.6 is 57.6 Å². The normalized spacial score (nSPS) is 12.0. The second-order valence-electron chi connectivity index (χ2n) is 2.84. The lowest BCUT2D eigenvalue weighted by molar-refractivity contribution is 0.456. The van der Waals surface area contributed by atoms with Crippen LogP contribution in [0.25, 0.3) is 0 Å². The summed E-state index contributed by atoms with van der Waals surface area (Å²) in [7, 11) is 0. The van der Waals surface area contributed by atoms with Crippen LogP contribution in [-0.4, -0.2) is 5.11 Å². The van der Waals surface area contributed by atoms with Crippen molar-refractivity contribution in [2.24, 2.45) is 5.73 Å². The van der Waals surface area contributed by atoms with Gasteiger partial charge in [0.15, 0.2) is 0 Å². The Morgan fingerprint density at radius 3 is 2.50 bits per heavy atom. The first-order valence-electron chi connectivity index (χ1n) is 3.99. The fourth-order valence-electron chi connectivity index (χ4n) is 1.09. The van der Waals surface area contributed by atoms with Gasteiger partial charge in [-0.1, -0.05) is 6.92 Å². The number of aromatic hydroxyl groups is 1. The molecule has 0 bridgehead atoms. The third-order valence-corrected chi connectivity index (χ3v) is 3.34. The largest absolute Gasteiger partial charge is 0.506 e. The predicted octanol–water partition coefficient (Wildman–Crippen LogP) is 3.43.